The van der Waals surface area contributed by atoms with Crippen molar-refractivity contribution >= 4 is 17.4 Å². The summed E-state index contributed by atoms with van der Waals surface area (Å²) in [5.74, 6) is -0.260. The standard InChI is InChI=1S/C15H20N2O2/c1-5-17(11(4)18)13-8-6-7-12(9-13)15(19)14(16)10(2)3/h6-9H,5,16H2,1-4H3. The molecule has 1 rings (SSSR count). The van der Waals surface area contributed by atoms with Gasteiger partial charge in [-0.3, -0.25) is 9.59 Å². The molecule has 0 heterocycles. The highest BCUT2D eigenvalue weighted by atomic mass is 16.2. The molecule has 0 aliphatic carbocycles. The molecular formula is C15H20N2O2. The fourth-order valence-corrected chi connectivity index (χ4v) is 1.78. The second-order valence-corrected chi connectivity index (χ2v) is 4.56. The zero-order valence-electron chi connectivity index (χ0n) is 11.9. The molecule has 0 bridgehead atoms. The van der Waals surface area contributed by atoms with Gasteiger partial charge in [0.05, 0.1) is 5.70 Å². The van der Waals surface area contributed by atoms with Gasteiger partial charge in [0.1, 0.15) is 0 Å². The number of nitrogens with zero attached hydrogens (tertiary/aromatic N) is 1. The van der Waals surface area contributed by atoms with E-state index in [-0.39, 0.29) is 17.4 Å². The average molecular weight is 260 g/mol. The van der Waals surface area contributed by atoms with Crippen LogP contribution in [0.5, 0.6) is 0 Å². The minimum Gasteiger partial charge on any atom is -0.396 e. The Bertz CT molecular complexity index is 529. The fraction of sp³-hybridized carbons (Fsp3) is 0.333. The highest BCUT2D eigenvalue weighted by Gasteiger charge is 2.14. The quantitative estimate of drug-likeness (QED) is 0.668. The van der Waals surface area contributed by atoms with Gasteiger partial charge >= 0.3 is 0 Å². The SMILES string of the molecule is CCN(C(C)=O)c1cccc(C(=O)C(N)=C(C)C)c1. The van der Waals surface area contributed by atoms with E-state index in [1.165, 1.54) is 6.92 Å². The number of carbonyl (C=O) groups excluding carboxylic acids is 2. The number of hydrogen-bond acceptors (Lipinski definition) is 3. The fourth-order valence-electron chi connectivity index (χ4n) is 1.78. The highest BCUT2D eigenvalue weighted by molar-refractivity contribution is 6.09. The van der Waals surface area contributed by atoms with Gasteiger partial charge in [0.25, 0.3) is 0 Å². The van der Waals surface area contributed by atoms with Crippen molar-refractivity contribution in [3.63, 3.8) is 0 Å². The van der Waals surface area contributed by atoms with Crippen LogP contribution in [0.25, 0.3) is 0 Å². The minimum absolute atomic E-state index is 0.0534. The number of nitrogens with two attached hydrogens (primary N) is 1. The molecule has 0 radical (unpaired) electrons. The van der Waals surface area contributed by atoms with Gasteiger partial charge in [0.2, 0.25) is 11.7 Å². The number of ketones is 1. The van der Waals surface area contributed by atoms with Crippen LogP contribution in [0.3, 0.4) is 0 Å². The van der Waals surface area contributed by atoms with E-state index in [4.69, 9.17) is 5.73 Å². The Balaban J connectivity index is 3.18. The second-order valence-electron chi connectivity index (χ2n) is 4.56. The lowest BCUT2D eigenvalue weighted by atomic mass is 10.0. The summed E-state index contributed by atoms with van der Waals surface area (Å²) in [6.45, 7) is 7.55. The van der Waals surface area contributed by atoms with Crippen LogP contribution in [-0.4, -0.2) is 18.2 Å². The van der Waals surface area contributed by atoms with Crippen LogP contribution in [0, 0.1) is 0 Å². The number of anilines is 1. The van der Waals surface area contributed by atoms with E-state index in [1.54, 1.807) is 43.0 Å². The van der Waals surface area contributed by atoms with E-state index in [0.29, 0.717) is 17.8 Å². The number of carbonyl (C=O) groups is 2. The van der Waals surface area contributed by atoms with Crippen molar-refractivity contribution in [2.75, 3.05) is 11.4 Å². The summed E-state index contributed by atoms with van der Waals surface area (Å²) in [6, 6.07) is 6.96. The van der Waals surface area contributed by atoms with Gasteiger partial charge < -0.3 is 10.6 Å². The summed E-state index contributed by atoms with van der Waals surface area (Å²) in [4.78, 5) is 25.2. The van der Waals surface area contributed by atoms with Crippen LogP contribution in [-0.2, 0) is 4.79 Å². The van der Waals surface area contributed by atoms with E-state index in [9.17, 15) is 9.59 Å². The molecule has 0 saturated heterocycles. The Kier molecular flexibility index (Phi) is 4.87. The number of allylic oxidation sites excluding steroid dienone is 2. The Morgan fingerprint density at radius 3 is 2.32 bits per heavy atom. The van der Waals surface area contributed by atoms with Crippen LogP contribution in [0.4, 0.5) is 5.69 Å². The minimum atomic E-state index is -0.207. The van der Waals surface area contributed by atoms with E-state index >= 15 is 0 Å². The summed E-state index contributed by atoms with van der Waals surface area (Å²) in [7, 11) is 0. The van der Waals surface area contributed by atoms with Crippen molar-refractivity contribution in [2.45, 2.75) is 27.7 Å². The lowest BCUT2D eigenvalue weighted by Gasteiger charge is -2.19. The van der Waals surface area contributed by atoms with Crippen molar-refractivity contribution in [1.29, 1.82) is 0 Å². The van der Waals surface area contributed by atoms with Gasteiger partial charge in [-0.15, -0.1) is 0 Å². The molecule has 1 aromatic rings. The molecule has 1 amide bonds. The van der Waals surface area contributed by atoms with Gasteiger partial charge in [0.15, 0.2) is 0 Å². The molecule has 0 aliphatic rings. The smallest absolute Gasteiger partial charge is 0.223 e. The van der Waals surface area contributed by atoms with E-state index in [1.807, 2.05) is 6.92 Å². The summed E-state index contributed by atoms with van der Waals surface area (Å²) >= 11 is 0. The lowest BCUT2D eigenvalue weighted by molar-refractivity contribution is -0.116. The molecule has 4 heteroatoms. The number of hydrogen-bond donors (Lipinski definition) is 1. The Labute approximate surface area is 113 Å². The molecular weight excluding hydrogens is 240 g/mol. The van der Waals surface area contributed by atoms with Gasteiger partial charge in [0, 0.05) is 24.7 Å². The van der Waals surface area contributed by atoms with Crippen molar-refractivity contribution in [1.82, 2.24) is 0 Å². The molecule has 0 atom stereocenters. The van der Waals surface area contributed by atoms with Crippen LogP contribution in [0.15, 0.2) is 35.5 Å². The van der Waals surface area contributed by atoms with Gasteiger partial charge in [-0.05, 0) is 38.5 Å². The Morgan fingerprint density at radius 2 is 1.84 bits per heavy atom. The summed E-state index contributed by atoms with van der Waals surface area (Å²) in [6.07, 6.45) is 0. The van der Waals surface area contributed by atoms with Crippen LogP contribution in [0.2, 0.25) is 0 Å². The van der Waals surface area contributed by atoms with Gasteiger partial charge in [-0.25, -0.2) is 0 Å². The molecule has 0 aromatic heterocycles. The lowest BCUT2D eigenvalue weighted by Crippen LogP contribution is -2.28. The third-order valence-electron chi connectivity index (χ3n) is 2.90. The average Bonchev–Trinajstić information content (AvgIpc) is 2.37. The summed E-state index contributed by atoms with van der Waals surface area (Å²) in [5.41, 5.74) is 8.01. The third kappa shape index (κ3) is 3.44. The number of Topliss-reactive ketones (excluding diaryl/α,β-unsaturated/α-hetero) is 1. The van der Waals surface area contributed by atoms with Crippen molar-refractivity contribution < 1.29 is 9.59 Å². The molecule has 0 unspecified atom stereocenters. The first kappa shape index (κ1) is 15.0. The molecule has 0 saturated carbocycles. The molecule has 1 aromatic carbocycles. The third-order valence-corrected chi connectivity index (χ3v) is 2.90. The highest BCUT2D eigenvalue weighted by Crippen LogP contribution is 2.18. The zero-order valence-corrected chi connectivity index (χ0v) is 11.9. The van der Waals surface area contributed by atoms with E-state index in [2.05, 4.69) is 0 Å². The van der Waals surface area contributed by atoms with Gasteiger partial charge in [-0.2, -0.15) is 0 Å². The summed E-state index contributed by atoms with van der Waals surface area (Å²) < 4.78 is 0. The number of rotatable bonds is 4. The van der Waals surface area contributed by atoms with E-state index < -0.39 is 0 Å². The predicted molar refractivity (Wildman–Crippen MR) is 77.0 cm³/mol. The normalized spacial score (nSPS) is 9.89. The molecule has 4 nitrogen and oxygen atoms in total. The first-order chi connectivity index (χ1) is 8.88. The molecule has 0 spiro atoms. The monoisotopic (exact) mass is 260 g/mol. The largest absolute Gasteiger partial charge is 0.396 e. The van der Waals surface area contributed by atoms with Crippen LogP contribution in [0.1, 0.15) is 38.1 Å². The molecule has 2 N–H and O–H groups in total. The number of benzene rings is 1. The first-order valence-electron chi connectivity index (χ1n) is 6.24. The number of amides is 1. The first-order valence-corrected chi connectivity index (χ1v) is 6.24. The van der Waals surface area contributed by atoms with Crippen molar-refractivity contribution in [3.8, 4) is 0 Å². The Morgan fingerprint density at radius 1 is 1.21 bits per heavy atom. The topological polar surface area (TPSA) is 63.4 Å². The van der Waals surface area contributed by atoms with Crippen LogP contribution >= 0.6 is 0 Å². The molecule has 0 fully saturated rings. The van der Waals surface area contributed by atoms with E-state index in [0.717, 1.165) is 5.57 Å². The van der Waals surface area contributed by atoms with Crippen molar-refractivity contribution in [3.05, 3.63) is 41.1 Å². The molecule has 0 aliphatic heterocycles. The maximum atomic E-state index is 12.1. The second kappa shape index (κ2) is 6.18. The Hall–Kier alpha value is -2.10. The molecule has 102 valence electrons. The predicted octanol–water partition coefficient (Wildman–Crippen LogP) is 2.49. The van der Waals surface area contributed by atoms with Crippen LogP contribution < -0.4 is 10.6 Å². The van der Waals surface area contributed by atoms with Crippen molar-refractivity contribution in [2.24, 2.45) is 5.73 Å². The molecule has 19 heavy (non-hydrogen) atoms. The maximum Gasteiger partial charge on any atom is 0.223 e. The summed E-state index contributed by atoms with van der Waals surface area (Å²) in [5, 5.41) is 0. The maximum absolute atomic E-state index is 12.1. The zero-order chi connectivity index (χ0) is 14.6. The van der Waals surface area contributed by atoms with Gasteiger partial charge in [-0.1, -0.05) is 12.1 Å².